The van der Waals surface area contributed by atoms with Crippen LogP contribution in [-0.4, -0.2) is 40.0 Å². The maximum absolute atomic E-state index is 12.9. The number of halogens is 3. The van der Waals surface area contributed by atoms with Crippen LogP contribution in [0.2, 0.25) is 0 Å². The van der Waals surface area contributed by atoms with Gasteiger partial charge in [-0.05, 0) is 24.3 Å². The summed E-state index contributed by atoms with van der Waals surface area (Å²) in [5.74, 6) is -0.343. The Kier molecular flexibility index (Phi) is 4.31. The molecule has 2 atom stereocenters. The van der Waals surface area contributed by atoms with Gasteiger partial charge in [-0.3, -0.25) is 9.48 Å². The van der Waals surface area contributed by atoms with Crippen molar-refractivity contribution in [3.05, 3.63) is 46.8 Å². The van der Waals surface area contributed by atoms with Crippen molar-refractivity contribution in [3.8, 4) is 5.75 Å². The molecular formula is C17H17F3N4O3. The molecule has 1 unspecified atom stereocenters. The second kappa shape index (κ2) is 6.54. The fourth-order valence-corrected chi connectivity index (χ4v) is 3.24. The van der Waals surface area contributed by atoms with Crippen molar-refractivity contribution in [3.63, 3.8) is 0 Å². The number of aromatic nitrogens is 2. The van der Waals surface area contributed by atoms with Crippen molar-refractivity contribution in [2.24, 2.45) is 0 Å². The second-order valence-corrected chi connectivity index (χ2v) is 6.51. The zero-order valence-corrected chi connectivity index (χ0v) is 14.1. The lowest BCUT2D eigenvalue weighted by atomic mass is 9.97. The standard InChI is InChI=1S/C17H17F3N4O3/c18-17(19,20)9-1-2-14-11(5-9)15(25)13(8-27-14)22-16(26)12-6-10-7-21-3-4-24(10)23-12/h1-2,5-6,13,15,21,25H,3-4,7-8H2,(H,22,26)/t13-,15?/m0/s1. The van der Waals surface area contributed by atoms with Gasteiger partial charge in [-0.25, -0.2) is 0 Å². The van der Waals surface area contributed by atoms with Crippen molar-refractivity contribution in [1.82, 2.24) is 20.4 Å². The van der Waals surface area contributed by atoms with E-state index in [2.05, 4.69) is 15.7 Å². The van der Waals surface area contributed by atoms with Gasteiger partial charge in [-0.2, -0.15) is 18.3 Å². The third-order valence-corrected chi connectivity index (χ3v) is 4.67. The van der Waals surface area contributed by atoms with Crippen molar-refractivity contribution >= 4 is 5.91 Å². The number of carbonyl (C=O) groups excluding carboxylic acids is 1. The zero-order valence-electron chi connectivity index (χ0n) is 14.1. The number of amides is 1. The van der Waals surface area contributed by atoms with Crippen molar-refractivity contribution < 1.29 is 27.8 Å². The molecule has 0 saturated carbocycles. The molecule has 0 radical (unpaired) electrons. The van der Waals surface area contributed by atoms with E-state index in [9.17, 15) is 23.1 Å². The van der Waals surface area contributed by atoms with Crippen LogP contribution in [-0.2, 0) is 19.3 Å². The van der Waals surface area contributed by atoms with Crippen LogP contribution >= 0.6 is 0 Å². The van der Waals surface area contributed by atoms with Gasteiger partial charge in [0.15, 0.2) is 5.69 Å². The lowest BCUT2D eigenvalue weighted by molar-refractivity contribution is -0.137. The summed E-state index contributed by atoms with van der Waals surface area (Å²) in [4.78, 5) is 12.5. The lowest BCUT2D eigenvalue weighted by Gasteiger charge is -2.31. The van der Waals surface area contributed by atoms with E-state index < -0.39 is 29.8 Å². The number of nitrogens with one attached hydrogen (secondary N) is 2. The number of benzene rings is 1. The lowest BCUT2D eigenvalue weighted by Crippen LogP contribution is -2.45. The number of aliphatic hydroxyl groups excluding tert-OH is 1. The molecule has 2 aromatic rings. The van der Waals surface area contributed by atoms with Gasteiger partial charge >= 0.3 is 6.18 Å². The molecule has 1 amide bonds. The van der Waals surface area contributed by atoms with E-state index in [-0.39, 0.29) is 23.6 Å². The monoisotopic (exact) mass is 382 g/mol. The summed E-state index contributed by atoms with van der Waals surface area (Å²) in [5, 5.41) is 20.5. The summed E-state index contributed by atoms with van der Waals surface area (Å²) in [6, 6.07) is 3.68. The van der Waals surface area contributed by atoms with Gasteiger partial charge in [0.05, 0.1) is 23.8 Å². The van der Waals surface area contributed by atoms with Gasteiger partial charge in [0.2, 0.25) is 0 Å². The molecule has 0 saturated heterocycles. The number of ether oxygens (including phenoxy) is 1. The van der Waals surface area contributed by atoms with Gasteiger partial charge < -0.3 is 20.5 Å². The molecule has 4 rings (SSSR count). The molecule has 0 spiro atoms. The Bertz CT molecular complexity index is 857. The molecule has 1 aromatic carbocycles. The summed E-state index contributed by atoms with van der Waals surface area (Å²) in [7, 11) is 0. The van der Waals surface area contributed by atoms with Crippen molar-refractivity contribution in [2.45, 2.75) is 31.4 Å². The first-order valence-corrected chi connectivity index (χ1v) is 8.43. The Morgan fingerprint density at radius 2 is 2.19 bits per heavy atom. The Morgan fingerprint density at radius 3 is 2.93 bits per heavy atom. The highest BCUT2D eigenvalue weighted by molar-refractivity contribution is 5.92. The minimum Gasteiger partial charge on any atom is -0.491 e. The third-order valence-electron chi connectivity index (χ3n) is 4.67. The number of aliphatic hydroxyl groups is 1. The summed E-state index contributed by atoms with van der Waals surface area (Å²) in [6.45, 7) is 1.94. The SMILES string of the molecule is O=C(N[C@H]1COc2ccc(C(F)(F)F)cc2C1O)c1cc2n(n1)CCNC2. The van der Waals surface area contributed by atoms with E-state index in [4.69, 9.17) is 4.74 Å². The number of hydrogen-bond acceptors (Lipinski definition) is 5. The van der Waals surface area contributed by atoms with Crippen molar-refractivity contribution in [1.29, 1.82) is 0 Å². The maximum Gasteiger partial charge on any atom is 0.416 e. The predicted octanol–water partition coefficient (Wildman–Crippen LogP) is 1.23. The molecule has 2 aliphatic heterocycles. The quantitative estimate of drug-likeness (QED) is 0.727. The number of hydrogen-bond donors (Lipinski definition) is 3. The number of fused-ring (bicyclic) bond motifs is 2. The van der Waals surface area contributed by atoms with Crippen LogP contribution in [0.15, 0.2) is 24.3 Å². The Morgan fingerprint density at radius 1 is 1.37 bits per heavy atom. The predicted molar refractivity (Wildman–Crippen MR) is 87.1 cm³/mol. The Balaban J connectivity index is 1.52. The van der Waals surface area contributed by atoms with E-state index in [0.29, 0.717) is 13.1 Å². The third kappa shape index (κ3) is 3.37. The van der Waals surface area contributed by atoms with E-state index in [1.807, 2.05) is 0 Å². The molecule has 27 heavy (non-hydrogen) atoms. The highest BCUT2D eigenvalue weighted by Crippen LogP contribution is 2.37. The van der Waals surface area contributed by atoms with Gasteiger partial charge in [-0.1, -0.05) is 0 Å². The molecule has 3 N–H and O–H groups in total. The first-order valence-electron chi connectivity index (χ1n) is 8.43. The van der Waals surface area contributed by atoms with Gasteiger partial charge in [-0.15, -0.1) is 0 Å². The summed E-state index contributed by atoms with van der Waals surface area (Å²) >= 11 is 0. The smallest absolute Gasteiger partial charge is 0.416 e. The van der Waals surface area contributed by atoms with Crippen LogP contribution < -0.4 is 15.4 Å². The van der Waals surface area contributed by atoms with Gasteiger partial charge in [0.25, 0.3) is 5.91 Å². The largest absolute Gasteiger partial charge is 0.491 e. The van der Waals surface area contributed by atoms with E-state index in [0.717, 1.165) is 24.4 Å². The van der Waals surface area contributed by atoms with Gasteiger partial charge in [0.1, 0.15) is 18.5 Å². The first kappa shape index (κ1) is 17.8. The maximum atomic E-state index is 12.9. The first-order chi connectivity index (χ1) is 12.8. The molecule has 0 bridgehead atoms. The minimum absolute atomic E-state index is 0.00490. The minimum atomic E-state index is -4.53. The van der Waals surface area contributed by atoms with Crippen molar-refractivity contribution in [2.75, 3.05) is 13.2 Å². The average Bonchev–Trinajstić information content (AvgIpc) is 3.07. The number of rotatable bonds is 2. The Hall–Kier alpha value is -2.59. The number of carbonyl (C=O) groups is 1. The number of alkyl halides is 3. The molecule has 2 aliphatic rings. The van der Waals surface area contributed by atoms with E-state index >= 15 is 0 Å². The van der Waals surface area contributed by atoms with Crippen LogP contribution in [0.3, 0.4) is 0 Å². The normalized spacial score (nSPS) is 21.8. The fraction of sp³-hybridized carbons (Fsp3) is 0.412. The summed E-state index contributed by atoms with van der Waals surface area (Å²) in [5.41, 5.74) is 0.169. The van der Waals surface area contributed by atoms with Crippen LogP contribution in [0.5, 0.6) is 5.75 Å². The molecule has 7 nitrogen and oxygen atoms in total. The van der Waals surface area contributed by atoms with Gasteiger partial charge in [0, 0.05) is 18.7 Å². The highest BCUT2D eigenvalue weighted by Gasteiger charge is 2.36. The molecular weight excluding hydrogens is 365 g/mol. The van der Waals surface area contributed by atoms with Crippen LogP contribution in [0.25, 0.3) is 0 Å². The summed E-state index contributed by atoms with van der Waals surface area (Å²) in [6.07, 6.45) is -5.85. The second-order valence-electron chi connectivity index (χ2n) is 6.51. The van der Waals surface area contributed by atoms with E-state index in [1.165, 1.54) is 6.07 Å². The molecule has 0 aliphatic carbocycles. The molecule has 1 aromatic heterocycles. The molecule has 0 fully saturated rings. The molecule has 10 heteroatoms. The van der Waals surface area contributed by atoms with Crippen LogP contribution in [0.1, 0.15) is 33.4 Å². The van der Waals surface area contributed by atoms with E-state index in [1.54, 1.807) is 10.7 Å². The Labute approximate surface area is 152 Å². The highest BCUT2D eigenvalue weighted by atomic mass is 19.4. The fourth-order valence-electron chi connectivity index (χ4n) is 3.24. The topological polar surface area (TPSA) is 88.4 Å². The zero-order chi connectivity index (χ0) is 19.2. The molecule has 144 valence electrons. The van der Waals surface area contributed by atoms with Crippen LogP contribution in [0, 0.1) is 0 Å². The van der Waals surface area contributed by atoms with Crippen LogP contribution in [0.4, 0.5) is 13.2 Å². The average molecular weight is 382 g/mol. The molecule has 3 heterocycles. The number of nitrogens with zero attached hydrogens (tertiary/aromatic N) is 2. The summed E-state index contributed by atoms with van der Waals surface area (Å²) < 4.78 is 45.9.